The Morgan fingerprint density at radius 3 is 2.41 bits per heavy atom. The van der Waals surface area contributed by atoms with Gasteiger partial charge in [-0.05, 0) is 56.5 Å². The summed E-state index contributed by atoms with van der Waals surface area (Å²) in [6, 6.07) is 17.3. The molecule has 2 unspecified atom stereocenters. The molecule has 0 saturated carbocycles. The molecule has 2 atom stereocenters. The second-order valence-electron chi connectivity index (χ2n) is 8.50. The number of halogens is 1. The Morgan fingerprint density at radius 1 is 1.03 bits per heavy atom. The van der Waals surface area contributed by atoms with Crippen LogP contribution in [-0.4, -0.2) is 40.5 Å². The maximum absolute atomic E-state index is 13.6. The number of hydrogen-bond donors (Lipinski definition) is 1. The number of piperidine rings is 1. The molecule has 2 aliphatic heterocycles. The van der Waals surface area contributed by atoms with Gasteiger partial charge in [0.15, 0.2) is 0 Å². The van der Waals surface area contributed by atoms with Crippen LogP contribution in [0.2, 0.25) is 5.02 Å². The molecule has 2 aliphatic rings. The lowest BCUT2D eigenvalue weighted by atomic mass is 9.97. The van der Waals surface area contributed by atoms with Gasteiger partial charge in [0.25, 0.3) is 5.91 Å². The van der Waals surface area contributed by atoms with Crippen molar-refractivity contribution in [2.24, 2.45) is 7.05 Å². The van der Waals surface area contributed by atoms with Gasteiger partial charge in [0.2, 0.25) is 0 Å². The molecule has 0 spiro atoms. The molecule has 5 heteroatoms. The monoisotopic (exact) mass is 407 g/mol. The van der Waals surface area contributed by atoms with E-state index in [0.717, 1.165) is 40.6 Å². The molecular weight excluding hydrogens is 382 g/mol. The summed E-state index contributed by atoms with van der Waals surface area (Å²) in [5, 5.41) is 4.93. The third kappa shape index (κ3) is 3.15. The third-order valence-corrected chi connectivity index (χ3v) is 7.10. The summed E-state index contributed by atoms with van der Waals surface area (Å²) in [5.74, 6) is 0.00525. The van der Waals surface area contributed by atoms with Gasteiger partial charge < -0.3 is 14.8 Å². The fourth-order valence-electron chi connectivity index (χ4n) is 5.37. The minimum atomic E-state index is 0.00525. The van der Waals surface area contributed by atoms with Crippen LogP contribution in [0.3, 0.4) is 0 Å². The molecule has 150 valence electrons. The Balaban J connectivity index is 1.56. The van der Waals surface area contributed by atoms with E-state index >= 15 is 0 Å². The second kappa shape index (κ2) is 7.19. The largest absolute Gasteiger partial charge is 0.349 e. The third-order valence-electron chi connectivity index (χ3n) is 6.87. The Bertz CT molecular complexity index is 1060. The zero-order valence-electron chi connectivity index (χ0n) is 16.9. The summed E-state index contributed by atoms with van der Waals surface area (Å²) in [5.41, 5.74) is 3.72. The number of aromatic nitrogens is 1. The summed E-state index contributed by atoms with van der Waals surface area (Å²) >= 11 is 6.31. The van der Waals surface area contributed by atoms with Crippen molar-refractivity contribution < 1.29 is 4.79 Å². The van der Waals surface area contributed by atoms with E-state index in [4.69, 9.17) is 11.6 Å². The first-order valence-electron chi connectivity index (χ1n) is 10.4. The standard InChI is InChI=1S/C24H26ClN3O/c1-27-18-9-10-19(27)14-17(13-18)26-24(29)22-20-12-16(25)8-11-21(20)28(2)23(22)15-6-4-3-5-7-15/h3-8,11-12,17-19H,9-10,13-14H2,1-2H3,(H,26,29). The molecule has 5 rings (SSSR count). The van der Waals surface area contributed by atoms with Crippen LogP contribution in [-0.2, 0) is 7.05 Å². The maximum atomic E-state index is 13.6. The van der Waals surface area contributed by atoms with E-state index in [1.807, 2.05) is 43.4 Å². The van der Waals surface area contributed by atoms with Crippen molar-refractivity contribution in [2.45, 2.75) is 43.8 Å². The molecule has 1 amide bonds. The number of rotatable bonds is 3. The molecule has 2 saturated heterocycles. The fourth-order valence-corrected chi connectivity index (χ4v) is 5.54. The van der Waals surface area contributed by atoms with Crippen LogP contribution < -0.4 is 5.32 Å². The molecule has 2 bridgehead atoms. The van der Waals surface area contributed by atoms with Gasteiger partial charge in [-0.2, -0.15) is 0 Å². The van der Waals surface area contributed by atoms with Crippen LogP contribution in [0.5, 0.6) is 0 Å². The van der Waals surface area contributed by atoms with Gasteiger partial charge in [0, 0.05) is 41.1 Å². The van der Waals surface area contributed by atoms with Gasteiger partial charge >= 0.3 is 0 Å². The van der Waals surface area contributed by atoms with E-state index < -0.39 is 0 Å². The molecular formula is C24H26ClN3O. The van der Waals surface area contributed by atoms with Crippen LogP contribution >= 0.6 is 11.6 Å². The van der Waals surface area contributed by atoms with Crippen molar-refractivity contribution in [1.29, 1.82) is 0 Å². The van der Waals surface area contributed by atoms with Crippen LogP contribution in [0, 0.1) is 0 Å². The number of carbonyl (C=O) groups excluding carboxylic acids is 1. The van der Waals surface area contributed by atoms with E-state index in [9.17, 15) is 4.79 Å². The van der Waals surface area contributed by atoms with Crippen molar-refractivity contribution in [1.82, 2.24) is 14.8 Å². The van der Waals surface area contributed by atoms with Gasteiger partial charge in [-0.15, -0.1) is 0 Å². The number of fused-ring (bicyclic) bond motifs is 3. The van der Waals surface area contributed by atoms with E-state index in [0.29, 0.717) is 17.1 Å². The lowest BCUT2D eigenvalue weighted by Gasteiger charge is -2.36. The first-order valence-corrected chi connectivity index (χ1v) is 10.8. The van der Waals surface area contributed by atoms with Gasteiger partial charge in [-0.3, -0.25) is 4.79 Å². The zero-order chi connectivity index (χ0) is 20.1. The average Bonchev–Trinajstić information content (AvgIpc) is 3.09. The zero-order valence-corrected chi connectivity index (χ0v) is 17.6. The Kier molecular flexibility index (Phi) is 4.64. The molecule has 0 aliphatic carbocycles. The second-order valence-corrected chi connectivity index (χ2v) is 8.94. The van der Waals surface area contributed by atoms with Crippen molar-refractivity contribution in [2.75, 3.05) is 7.05 Å². The van der Waals surface area contributed by atoms with Crippen molar-refractivity contribution in [3.63, 3.8) is 0 Å². The van der Waals surface area contributed by atoms with Crippen LogP contribution in [0.4, 0.5) is 0 Å². The van der Waals surface area contributed by atoms with Gasteiger partial charge in [0.05, 0.1) is 11.3 Å². The van der Waals surface area contributed by atoms with E-state index in [1.165, 1.54) is 12.8 Å². The summed E-state index contributed by atoms with van der Waals surface area (Å²) < 4.78 is 2.11. The molecule has 3 aromatic rings. The molecule has 2 aromatic carbocycles. The highest BCUT2D eigenvalue weighted by atomic mass is 35.5. The maximum Gasteiger partial charge on any atom is 0.254 e. The van der Waals surface area contributed by atoms with E-state index in [1.54, 1.807) is 0 Å². The topological polar surface area (TPSA) is 37.3 Å². The summed E-state index contributed by atoms with van der Waals surface area (Å²) in [7, 11) is 4.24. The highest BCUT2D eigenvalue weighted by Gasteiger charge is 2.39. The first kappa shape index (κ1) is 18.7. The van der Waals surface area contributed by atoms with Crippen LogP contribution in [0.25, 0.3) is 22.2 Å². The lowest BCUT2D eigenvalue weighted by molar-refractivity contribution is 0.0884. The van der Waals surface area contributed by atoms with Crippen LogP contribution in [0.15, 0.2) is 48.5 Å². The normalized spacial score (nSPS) is 24.2. The highest BCUT2D eigenvalue weighted by Crippen LogP contribution is 2.37. The molecule has 2 fully saturated rings. The van der Waals surface area contributed by atoms with Gasteiger partial charge in [0.1, 0.15) is 0 Å². The fraction of sp³-hybridized carbons (Fsp3) is 0.375. The predicted molar refractivity (Wildman–Crippen MR) is 118 cm³/mol. The number of nitrogens with one attached hydrogen (secondary N) is 1. The van der Waals surface area contributed by atoms with Crippen molar-refractivity contribution in [3.8, 4) is 11.3 Å². The average molecular weight is 408 g/mol. The minimum absolute atomic E-state index is 0.00525. The molecule has 1 aromatic heterocycles. The van der Waals surface area contributed by atoms with E-state index in [2.05, 4.69) is 34.0 Å². The number of aryl methyl sites for hydroxylation is 1. The number of nitrogens with zero attached hydrogens (tertiary/aromatic N) is 2. The molecule has 0 radical (unpaired) electrons. The molecule has 3 heterocycles. The number of carbonyl (C=O) groups is 1. The number of amides is 1. The first-order chi connectivity index (χ1) is 14.0. The molecule has 29 heavy (non-hydrogen) atoms. The molecule has 4 nitrogen and oxygen atoms in total. The summed E-state index contributed by atoms with van der Waals surface area (Å²) in [6.45, 7) is 0. The van der Waals surface area contributed by atoms with Gasteiger partial charge in [-0.25, -0.2) is 0 Å². The Labute approximate surface area is 176 Å². The summed E-state index contributed by atoms with van der Waals surface area (Å²) in [6.07, 6.45) is 4.55. The Hall–Kier alpha value is -2.30. The van der Waals surface area contributed by atoms with Crippen molar-refractivity contribution >= 4 is 28.4 Å². The summed E-state index contributed by atoms with van der Waals surface area (Å²) in [4.78, 5) is 16.1. The SMILES string of the molecule is CN1C2CCC1CC(NC(=O)c1c(-c3ccccc3)n(C)c3ccc(Cl)cc13)C2. The smallest absolute Gasteiger partial charge is 0.254 e. The van der Waals surface area contributed by atoms with Crippen LogP contribution in [0.1, 0.15) is 36.0 Å². The van der Waals surface area contributed by atoms with Crippen molar-refractivity contribution in [3.05, 3.63) is 59.1 Å². The van der Waals surface area contributed by atoms with Gasteiger partial charge in [-0.1, -0.05) is 41.9 Å². The predicted octanol–water partition coefficient (Wildman–Crippen LogP) is 4.85. The highest BCUT2D eigenvalue weighted by molar-refractivity contribution is 6.31. The lowest BCUT2D eigenvalue weighted by Crippen LogP contribution is -2.48. The Morgan fingerprint density at radius 2 is 1.72 bits per heavy atom. The molecule has 1 N–H and O–H groups in total. The van der Waals surface area contributed by atoms with E-state index in [-0.39, 0.29) is 11.9 Å². The number of hydrogen-bond acceptors (Lipinski definition) is 2. The number of benzene rings is 2. The quantitative estimate of drug-likeness (QED) is 0.673. The minimum Gasteiger partial charge on any atom is -0.349 e.